The van der Waals surface area contributed by atoms with Crippen molar-refractivity contribution in [1.82, 2.24) is 21.3 Å². The van der Waals surface area contributed by atoms with Gasteiger partial charge in [-0.1, -0.05) is 55.4 Å². The van der Waals surface area contributed by atoms with Gasteiger partial charge in [0.15, 0.2) is 0 Å². The molecule has 15 heteroatoms. The van der Waals surface area contributed by atoms with Crippen LogP contribution in [-0.2, 0) is 17.1 Å². The van der Waals surface area contributed by atoms with Crippen molar-refractivity contribution in [2.75, 3.05) is 52.4 Å². The Labute approximate surface area is 227 Å². The number of nitrogens with one attached hydrogen (secondary N) is 4. The molecule has 0 fully saturated rings. The van der Waals surface area contributed by atoms with E-state index in [0.29, 0.717) is 0 Å². The van der Waals surface area contributed by atoms with Crippen LogP contribution >= 0.6 is 0 Å². The van der Waals surface area contributed by atoms with Gasteiger partial charge in [0.25, 0.3) is 0 Å². The maximum absolute atomic E-state index is 8.49. The first-order valence-electron chi connectivity index (χ1n) is 11.3. The number of halogens is 2. The van der Waals surface area contributed by atoms with E-state index in [1.54, 1.807) is 0 Å². The molecule has 0 aromatic heterocycles. The van der Waals surface area contributed by atoms with E-state index in [9.17, 15) is 0 Å². The molecule has 0 aliphatic carbocycles. The van der Waals surface area contributed by atoms with Gasteiger partial charge in [-0.05, 0) is 49.9 Å². The van der Waals surface area contributed by atoms with Gasteiger partial charge >= 0.3 is 17.1 Å². The summed E-state index contributed by atoms with van der Waals surface area (Å²) in [6.07, 6.45) is 0. The maximum atomic E-state index is 8.49. The van der Waals surface area contributed by atoms with E-state index in [0.717, 1.165) is 76.0 Å². The minimum absolute atomic E-state index is 0. The summed E-state index contributed by atoms with van der Waals surface area (Å²) in [5.41, 5.74) is 0. The molecule has 0 aromatic rings. The molecule has 12 nitrogen and oxygen atoms in total. The molecule has 4 N–H and O–H groups in total. The fourth-order valence-electron chi connectivity index (χ4n) is 1.92. The molecular weight excluding hydrogens is 559 g/mol. The summed E-state index contributed by atoms with van der Waals surface area (Å²) in [6.45, 7) is 26.7. The molecule has 0 atom stereocenters. The Bertz CT molecular complexity index is 332. The van der Waals surface area contributed by atoms with Gasteiger partial charge in [-0.15, -0.1) is 20.5 Å². The van der Waals surface area contributed by atoms with Crippen LogP contribution in [-0.4, -0.2) is 52.4 Å². The average molecular weight is 607 g/mol. The number of rotatable bonds is 14. The largest absolute Gasteiger partial charge is 2.00 e. The Balaban J connectivity index is -0.000000122. The molecule has 0 heterocycles. The van der Waals surface area contributed by atoms with Crippen LogP contribution in [0.25, 0.3) is 0 Å². The molecule has 0 aliphatic heterocycles. The van der Waals surface area contributed by atoms with E-state index in [2.05, 4.69) is 76.7 Å². The average Bonchev–Trinajstić information content (AvgIpc) is 2.58. The topological polar surface area (TPSA) is 233 Å². The summed E-state index contributed by atoms with van der Waals surface area (Å²) in [7, 11) is -9.89. The molecule has 1 radical (unpaired) electrons. The van der Waals surface area contributed by atoms with Crippen LogP contribution in [0.4, 0.5) is 0 Å². The van der Waals surface area contributed by atoms with Gasteiger partial charge in [-0.3, -0.25) is 0 Å². The van der Waals surface area contributed by atoms with Crippen LogP contribution < -0.4 is 58.5 Å². The fourth-order valence-corrected chi connectivity index (χ4v) is 1.92. The Morgan fingerprint density at radius 2 is 0.514 bits per heavy atom. The van der Waals surface area contributed by atoms with E-state index in [1.165, 1.54) is 0 Å². The molecule has 0 bridgehead atoms. The van der Waals surface area contributed by atoms with Gasteiger partial charge in [-0.25, -0.2) is 37.3 Å². The summed E-state index contributed by atoms with van der Waals surface area (Å²) in [6, 6.07) is 0. The summed E-state index contributed by atoms with van der Waals surface area (Å²) < 4.78 is 67.9. The molecule has 0 saturated carbocycles. The fraction of sp³-hybridized carbons (Fsp3) is 1.00. The Kier molecular flexibility index (Phi) is 38.0. The van der Waals surface area contributed by atoms with Crippen molar-refractivity contribution >= 4 is 0 Å². The predicted octanol–water partition coefficient (Wildman–Crippen LogP) is -6.56. The van der Waals surface area contributed by atoms with Crippen molar-refractivity contribution in [3.05, 3.63) is 0 Å². The second-order valence-electron chi connectivity index (χ2n) is 9.15. The van der Waals surface area contributed by atoms with Crippen LogP contribution in [0, 0.1) is 44.2 Å². The number of hydrogen-bond acceptors (Lipinski definition) is 12. The van der Waals surface area contributed by atoms with E-state index >= 15 is 0 Å². The van der Waals surface area contributed by atoms with Crippen molar-refractivity contribution in [2.24, 2.45) is 23.7 Å². The van der Waals surface area contributed by atoms with E-state index in [1.807, 2.05) is 0 Å². The quantitative estimate of drug-likeness (QED) is 0.107. The zero-order chi connectivity index (χ0) is 27.8. The van der Waals surface area contributed by atoms with E-state index < -0.39 is 20.5 Å². The monoisotopic (exact) mass is 605 g/mol. The molecular formula is C20H48Cl2CuN4O8. The molecule has 0 aliphatic rings. The zero-order valence-electron chi connectivity index (χ0n) is 22.3. The maximum Gasteiger partial charge on any atom is 2.00 e. The third-order valence-electron chi connectivity index (χ3n) is 3.17. The van der Waals surface area contributed by atoms with Crippen molar-refractivity contribution in [3.8, 4) is 0 Å². The summed E-state index contributed by atoms with van der Waals surface area (Å²) in [5, 5.41) is 13.6. The zero-order valence-corrected chi connectivity index (χ0v) is 24.7. The minimum atomic E-state index is -4.94. The van der Waals surface area contributed by atoms with Crippen LogP contribution in [0.3, 0.4) is 0 Å². The first-order chi connectivity index (χ1) is 15.3. The smallest absolute Gasteiger partial charge is 0.315 e. The number of hydrogen-bond donors (Lipinski definition) is 4. The van der Waals surface area contributed by atoms with Crippen LogP contribution in [0.5, 0.6) is 0 Å². The van der Waals surface area contributed by atoms with Gasteiger partial charge in [-0.2, -0.15) is 0 Å². The summed E-state index contributed by atoms with van der Waals surface area (Å²) >= 11 is 0. The first-order valence-corrected chi connectivity index (χ1v) is 13.8. The second kappa shape index (κ2) is 29.2. The van der Waals surface area contributed by atoms with Crippen LogP contribution in [0.1, 0.15) is 55.4 Å². The third kappa shape index (κ3) is 106. The van der Waals surface area contributed by atoms with Gasteiger partial charge in [0, 0.05) is 26.2 Å². The van der Waals surface area contributed by atoms with E-state index in [4.69, 9.17) is 37.3 Å². The van der Waals surface area contributed by atoms with Crippen LogP contribution in [0.2, 0.25) is 0 Å². The Hall–Kier alpha value is 0.619. The predicted molar refractivity (Wildman–Crippen MR) is 111 cm³/mol. The first kappa shape index (κ1) is 45.5. The van der Waals surface area contributed by atoms with Crippen LogP contribution in [0.15, 0.2) is 0 Å². The molecule has 0 rings (SSSR count). The summed E-state index contributed by atoms with van der Waals surface area (Å²) in [5.74, 6) is 3.04. The standard InChI is InChI=1S/2C10H24N2.2ClHO4.Cu/c2*1-9(2)7-11-5-6-12-8-10(3)4;2*2-1(3,4)5;/h2*9-12H,5-8H2,1-4H3;2*(H,2,3,4,5);/q;;;;+2/p-2. The molecule has 0 unspecified atom stereocenters. The second-order valence-corrected chi connectivity index (χ2v) is 10.7. The Morgan fingerprint density at radius 3 is 0.600 bits per heavy atom. The van der Waals surface area contributed by atoms with E-state index in [-0.39, 0.29) is 17.1 Å². The van der Waals surface area contributed by atoms with Crippen molar-refractivity contribution < 1.29 is 74.8 Å². The van der Waals surface area contributed by atoms with Gasteiger partial charge in [0.1, 0.15) is 0 Å². The molecule has 0 aromatic carbocycles. The van der Waals surface area contributed by atoms with Crippen molar-refractivity contribution in [2.45, 2.75) is 55.4 Å². The van der Waals surface area contributed by atoms with Gasteiger partial charge in [0.05, 0.1) is 0 Å². The normalized spacial score (nSPS) is 11.3. The molecule has 0 amide bonds. The molecule has 0 saturated heterocycles. The SMILES string of the molecule is CC(C)CNCCNCC(C)C.CC(C)CNCCNCC(C)C.[Cu+2].[O-][Cl+3]([O-])([O-])[O-].[O-][Cl+3]([O-])([O-])[O-]. The molecule has 0 spiro atoms. The third-order valence-corrected chi connectivity index (χ3v) is 3.17. The molecule has 221 valence electrons. The summed E-state index contributed by atoms with van der Waals surface area (Å²) in [4.78, 5) is 0. The minimum Gasteiger partial charge on any atom is -0.315 e. The Morgan fingerprint density at radius 1 is 0.400 bits per heavy atom. The molecule has 35 heavy (non-hydrogen) atoms. The van der Waals surface area contributed by atoms with Gasteiger partial charge < -0.3 is 21.3 Å². The van der Waals surface area contributed by atoms with Crippen molar-refractivity contribution in [3.63, 3.8) is 0 Å². The van der Waals surface area contributed by atoms with Gasteiger partial charge in [0.2, 0.25) is 0 Å². The van der Waals surface area contributed by atoms with Crippen molar-refractivity contribution in [1.29, 1.82) is 0 Å².